The molecule has 1 amide bonds. The lowest BCUT2D eigenvalue weighted by molar-refractivity contribution is 0.102. The summed E-state index contributed by atoms with van der Waals surface area (Å²) in [5, 5.41) is 11.4. The van der Waals surface area contributed by atoms with E-state index < -0.39 is 0 Å². The second kappa shape index (κ2) is 9.04. The van der Waals surface area contributed by atoms with Crippen LogP contribution < -0.4 is 10.1 Å². The largest absolute Gasteiger partial charge is 0.492 e. The summed E-state index contributed by atoms with van der Waals surface area (Å²) in [7, 11) is 0. The van der Waals surface area contributed by atoms with Crippen molar-refractivity contribution in [1.29, 1.82) is 0 Å². The molecule has 0 aliphatic heterocycles. The van der Waals surface area contributed by atoms with Crippen molar-refractivity contribution < 1.29 is 9.53 Å². The van der Waals surface area contributed by atoms with Gasteiger partial charge in [0.2, 0.25) is 0 Å². The maximum atomic E-state index is 12.9. The molecule has 0 radical (unpaired) electrons. The van der Waals surface area contributed by atoms with E-state index in [4.69, 9.17) is 4.74 Å². The number of aromatic nitrogens is 5. The van der Waals surface area contributed by atoms with E-state index in [2.05, 4.69) is 20.5 Å². The molecule has 3 heterocycles. The third kappa shape index (κ3) is 4.38. The maximum Gasteiger partial charge on any atom is 0.259 e. The van der Waals surface area contributed by atoms with Gasteiger partial charge in [0, 0.05) is 30.3 Å². The van der Waals surface area contributed by atoms with Crippen LogP contribution in [0.25, 0.3) is 5.82 Å². The summed E-state index contributed by atoms with van der Waals surface area (Å²) in [6.45, 7) is 3.12. The van der Waals surface area contributed by atoms with Crippen LogP contribution in [-0.4, -0.2) is 37.1 Å². The molecule has 4 aromatic rings. The molecule has 0 unspecified atom stereocenters. The predicted octanol–water partition coefficient (Wildman–Crippen LogP) is 3.36. The van der Waals surface area contributed by atoms with Crippen molar-refractivity contribution in [3.63, 3.8) is 0 Å². The maximum absolute atomic E-state index is 12.9. The monoisotopic (exact) mass is 402 g/mol. The molecule has 8 nitrogen and oxygen atoms in total. The van der Waals surface area contributed by atoms with Crippen molar-refractivity contribution in [2.75, 3.05) is 11.9 Å². The molecule has 4 rings (SSSR count). The van der Waals surface area contributed by atoms with Gasteiger partial charge in [0.15, 0.2) is 5.82 Å². The number of ether oxygens (including phenoxy) is 1. The van der Waals surface area contributed by atoms with Crippen LogP contribution >= 0.6 is 0 Å². The standard InChI is InChI=1S/C22H22N6O2/c1-2-20-19(16-25-28(20)21-9-3-4-10-23-21)22(29)26-17-7-5-8-18(15-17)30-14-13-27-12-6-11-24-27/h3-12,15-16H,2,13-14H2,1H3,(H,26,29). The molecular weight excluding hydrogens is 380 g/mol. The number of nitrogens with zero attached hydrogens (tertiary/aromatic N) is 5. The lowest BCUT2D eigenvalue weighted by Gasteiger charge is -2.10. The lowest BCUT2D eigenvalue weighted by atomic mass is 10.2. The smallest absolute Gasteiger partial charge is 0.259 e. The Kier molecular flexibility index (Phi) is 5.84. The highest BCUT2D eigenvalue weighted by Gasteiger charge is 2.18. The minimum atomic E-state index is -0.220. The molecule has 0 spiro atoms. The second-order valence-electron chi connectivity index (χ2n) is 6.56. The van der Waals surface area contributed by atoms with E-state index in [9.17, 15) is 4.79 Å². The van der Waals surface area contributed by atoms with Crippen molar-refractivity contribution >= 4 is 11.6 Å². The van der Waals surface area contributed by atoms with E-state index in [1.165, 1.54) is 0 Å². The molecule has 30 heavy (non-hydrogen) atoms. The summed E-state index contributed by atoms with van der Waals surface area (Å²) in [6.07, 6.45) is 7.55. The normalized spacial score (nSPS) is 10.7. The molecular formula is C22H22N6O2. The average Bonchev–Trinajstić information content (AvgIpc) is 3.44. The van der Waals surface area contributed by atoms with Gasteiger partial charge in [0.25, 0.3) is 5.91 Å². The fourth-order valence-electron chi connectivity index (χ4n) is 3.13. The Labute approximate surface area is 174 Å². The predicted molar refractivity (Wildman–Crippen MR) is 113 cm³/mol. The highest BCUT2D eigenvalue weighted by molar-refractivity contribution is 6.05. The third-order valence-electron chi connectivity index (χ3n) is 4.55. The lowest BCUT2D eigenvalue weighted by Crippen LogP contribution is -2.14. The van der Waals surface area contributed by atoms with Crippen molar-refractivity contribution in [2.24, 2.45) is 0 Å². The van der Waals surface area contributed by atoms with Crippen LogP contribution in [0.3, 0.4) is 0 Å². The molecule has 0 atom stereocenters. The number of pyridine rings is 1. The molecule has 0 fully saturated rings. The van der Waals surface area contributed by atoms with Crippen LogP contribution in [-0.2, 0) is 13.0 Å². The van der Waals surface area contributed by atoms with Gasteiger partial charge >= 0.3 is 0 Å². The SMILES string of the molecule is CCc1c(C(=O)Nc2cccc(OCCn3cccn3)c2)cnn1-c1ccccn1. The number of carbonyl (C=O) groups excluding carboxylic acids is 1. The molecule has 1 aromatic carbocycles. The topological polar surface area (TPSA) is 86.9 Å². The Morgan fingerprint density at radius 1 is 1.10 bits per heavy atom. The molecule has 152 valence electrons. The van der Waals surface area contributed by atoms with Gasteiger partial charge in [-0.25, -0.2) is 9.67 Å². The Morgan fingerprint density at radius 3 is 2.80 bits per heavy atom. The van der Waals surface area contributed by atoms with Gasteiger partial charge in [0.1, 0.15) is 12.4 Å². The minimum Gasteiger partial charge on any atom is -0.492 e. The number of rotatable bonds is 8. The van der Waals surface area contributed by atoms with Crippen LogP contribution in [0.4, 0.5) is 5.69 Å². The van der Waals surface area contributed by atoms with Crippen molar-refractivity contribution in [3.8, 4) is 11.6 Å². The number of carbonyl (C=O) groups is 1. The van der Waals surface area contributed by atoms with Crippen molar-refractivity contribution in [1.82, 2.24) is 24.5 Å². The number of anilines is 1. The minimum absolute atomic E-state index is 0.220. The zero-order valence-electron chi connectivity index (χ0n) is 16.6. The molecule has 3 aromatic heterocycles. The van der Waals surface area contributed by atoms with Gasteiger partial charge in [-0.05, 0) is 36.8 Å². The Bertz CT molecular complexity index is 1110. The number of amides is 1. The summed E-state index contributed by atoms with van der Waals surface area (Å²) in [4.78, 5) is 17.2. The number of hydrogen-bond donors (Lipinski definition) is 1. The fraction of sp³-hybridized carbons (Fsp3) is 0.182. The van der Waals surface area contributed by atoms with E-state index in [0.717, 1.165) is 5.69 Å². The van der Waals surface area contributed by atoms with Gasteiger partial charge in [-0.1, -0.05) is 19.1 Å². The quantitative estimate of drug-likeness (QED) is 0.488. The third-order valence-corrected chi connectivity index (χ3v) is 4.55. The zero-order chi connectivity index (χ0) is 20.8. The van der Waals surface area contributed by atoms with E-state index in [-0.39, 0.29) is 5.91 Å². The molecule has 0 bridgehead atoms. The van der Waals surface area contributed by atoms with Gasteiger partial charge in [-0.15, -0.1) is 0 Å². The van der Waals surface area contributed by atoms with Crippen molar-refractivity contribution in [3.05, 3.63) is 84.6 Å². The Hall–Kier alpha value is -3.94. The zero-order valence-corrected chi connectivity index (χ0v) is 16.6. The van der Waals surface area contributed by atoms with Gasteiger partial charge in [-0.2, -0.15) is 10.2 Å². The molecule has 0 saturated heterocycles. The van der Waals surface area contributed by atoms with Crippen LogP contribution in [0.15, 0.2) is 73.3 Å². The second-order valence-corrected chi connectivity index (χ2v) is 6.56. The van der Waals surface area contributed by atoms with Crippen LogP contribution in [0, 0.1) is 0 Å². The van der Waals surface area contributed by atoms with E-state index >= 15 is 0 Å². The molecule has 8 heteroatoms. The van der Waals surface area contributed by atoms with Crippen LogP contribution in [0.1, 0.15) is 23.0 Å². The first kappa shape index (κ1) is 19.4. The highest BCUT2D eigenvalue weighted by Crippen LogP contribution is 2.20. The number of nitrogens with one attached hydrogen (secondary N) is 1. The molecule has 1 N–H and O–H groups in total. The molecule has 0 aliphatic carbocycles. The first-order valence-electron chi connectivity index (χ1n) is 9.74. The Balaban J connectivity index is 1.44. The molecule has 0 aliphatic rings. The fourth-order valence-corrected chi connectivity index (χ4v) is 3.13. The first-order valence-corrected chi connectivity index (χ1v) is 9.74. The Morgan fingerprint density at radius 2 is 2.03 bits per heavy atom. The van der Waals surface area contributed by atoms with E-state index in [1.54, 1.807) is 34.0 Å². The molecule has 0 saturated carbocycles. The summed E-state index contributed by atoms with van der Waals surface area (Å²) < 4.78 is 9.28. The summed E-state index contributed by atoms with van der Waals surface area (Å²) in [5.74, 6) is 1.14. The van der Waals surface area contributed by atoms with Crippen LogP contribution in [0.2, 0.25) is 0 Å². The van der Waals surface area contributed by atoms with Gasteiger partial charge in [-0.3, -0.25) is 9.48 Å². The van der Waals surface area contributed by atoms with E-state index in [0.29, 0.717) is 42.4 Å². The number of hydrogen-bond acceptors (Lipinski definition) is 5. The average molecular weight is 402 g/mol. The van der Waals surface area contributed by atoms with E-state index in [1.807, 2.05) is 55.6 Å². The summed E-state index contributed by atoms with van der Waals surface area (Å²) in [5.41, 5.74) is 1.98. The highest BCUT2D eigenvalue weighted by atomic mass is 16.5. The van der Waals surface area contributed by atoms with Gasteiger partial charge < -0.3 is 10.1 Å². The van der Waals surface area contributed by atoms with Crippen molar-refractivity contribution in [2.45, 2.75) is 19.9 Å². The van der Waals surface area contributed by atoms with Gasteiger partial charge in [0.05, 0.1) is 24.0 Å². The summed E-state index contributed by atoms with van der Waals surface area (Å²) in [6, 6.07) is 14.8. The number of benzene rings is 1. The van der Waals surface area contributed by atoms with Crippen LogP contribution in [0.5, 0.6) is 5.75 Å². The first-order chi connectivity index (χ1) is 14.7. The summed E-state index contributed by atoms with van der Waals surface area (Å²) >= 11 is 0.